The van der Waals surface area contributed by atoms with Gasteiger partial charge in [-0.2, -0.15) is 5.10 Å². The van der Waals surface area contributed by atoms with Gasteiger partial charge in [-0.3, -0.25) is 9.59 Å². The molecule has 1 unspecified atom stereocenters. The van der Waals surface area contributed by atoms with Gasteiger partial charge in [0.25, 0.3) is 11.8 Å². The van der Waals surface area contributed by atoms with Crippen molar-refractivity contribution in [3.8, 4) is 16.2 Å². The van der Waals surface area contributed by atoms with Crippen molar-refractivity contribution in [2.75, 3.05) is 13.2 Å². The van der Waals surface area contributed by atoms with Crippen LogP contribution in [0.3, 0.4) is 0 Å². The fourth-order valence-corrected chi connectivity index (χ4v) is 5.49. The first-order valence-corrected chi connectivity index (χ1v) is 12.9. The van der Waals surface area contributed by atoms with E-state index >= 15 is 0 Å². The lowest BCUT2D eigenvalue weighted by molar-refractivity contribution is 0.0861. The molecule has 3 heterocycles. The Kier molecular flexibility index (Phi) is 7.90. The first kappa shape index (κ1) is 24.7. The van der Waals surface area contributed by atoms with Crippen LogP contribution in [0, 0.1) is 0 Å². The quantitative estimate of drug-likeness (QED) is 0.271. The van der Waals surface area contributed by atoms with E-state index in [9.17, 15) is 14.7 Å². The minimum absolute atomic E-state index is 0.0419. The van der Waals surface area contributed by atoms with E-state index in [1.54, 1.807) is 42.6 Å². The highest BCUT2D eigenvalue weighted by Gasteiger charge is 2.19. The van der Waals surface area contributed by atoms with E-state index in [2.05, 4.69) is 15.8 Å². The second-order valence-electron chi connectivity index (χ2n) is 7.60. The van der Waals surface area contributed by atoms with Crippen molar-refractivity contribution in [1.29, 1.82) is 0 Å². The van der Waals surface area contributed by atoms with Crippen molar-refractivity contribution in [1.82, 2.24) is 10.7 Å². The maximum Gasteiger partial charge on any atom is 0.281 e. The minimum atomic E-state index is -0.443. The normalized spacial score (nSPS) is 16.0. The van der Waals surface area contributed by atoms with Gasteiger partial charge in [0.15, 0.2) is 0 Å². The molecule has 4 rings (SSSR count). The molecule has 2 aromatic heterocycles. The van der Waals surface area contributed by atoms with Gasteiger partial charge in [-0.05, 0) is 49.6 Å². The van der Waals surface area contributed by atoms with Gasteiger partial charge in [-0.25, -0.2) is 5.43 Å². The van der Waals surface area contributed by atoms with Crippen molar-refractivity contribution in [2.24, 2.45) is 5.10 Å². The molecule has 0 radical (unpaired) electrons. The predicted octanol–water partition coefficient (Wildman–Crippen LogP) is 5.55. The standard InChI is InChI=1S/C23H21Cl2N3O4S2/c1-12(15-11-33-21(20(15)29)13-4-5-16(24)17(25)9-13)27-28-23(31)19-7-6-18(34-19)22(30)26-10-14-3-2-8-32-14/h4-7,9,11,14,29H,2-3,8,10H2,1H3,(H,26,30)(H,28,31)/b27-12+. The SMILES string of the molecule is C/C(=N\NC(=O)c1ccc(C(=O)NCC2CCCO2)s1)c1csc(-c2ccc(Cl)c(Cl)c2)c1O. The Morgan fingerprint density at radius 1 is 1.18 bits per heavy atom. The van der Waals surface area contributed by atoms with Crippen molar-refractivity contribution < 1.29 is 19.4 Å². The summed E-state index contributed by atoms with van der Waals surface area (Å²) >= 11 is 14.5. The Labute approximate surface area is 214 Å². The van der Waals surface area contributed by atoms with Crippen LogP contribution in [-0.4, -0.2) is 41.9 Å². The van der Waals surface area contributed by atoms with Gasteiger partial charge >= 0.3 is 0 Å². The van der Waals surface area contributed by atoms with Crippen LogP contribution in [0.25, 0.3) is 10.4 Å². The average Bonchev–Trinajstić information content (AvgIpc) is 3.58. The number of hydrazone groups is 1. The summed E-state index contributed by atoms with van der Waals surface area (Å²) in [5.41, 5.74) is 4.13. The van der Waals surface area contributed by atoms with Gasteiger partial charge < -0.3 is 15.2 Å². The molecule has 0 spiro atoms. The molecule has 1 saturated heterocycles. The number of ether oxygens (including phenoxy) is 1. The number of aromatic hydroxyl groups is 1. The zero-order valence-electron chi connectivity index (χ0n) is 18.1. The van der Waals surface area contributed by atoms with Crippen LogP contribution in [-0.2, 0) is 4.74 Å². The molecule has 178 valence electrons. The second-order valence-corrected chi connectivity index (χ2v) is 10.4. The van der Waals surface area contributed by atoms with E-state index in [0.717, 1.165) is 36.3 Å². The molecular weight excluding hydrogens is 517 g/mol. The maximum atomic E-state index is 12.5. The van der Waals surface area contributed by atoms with E-state index in [1.807, 2.05) is 0 Å². The molecule has 3 aromatic rings. The van der Waals surface area contributed by atoms with Gasteiger partial charge in [-0.15, -0.1) is 22.7 Å². The number of hydrogen-bond donors (Lipinski definition) is 3. The minimum Gasteiger partial charge on any atom is -0.506 e. The van der Waals surface area contributed by atoms with Gasteiger partial charge in [0, 0.05) is 18.5 Å². The van der Waals surface area contributed by atoms with Gasteiger partial charge in [-0.1, -0.05) is 29.3 Å². The Morgan fingerprint density at radius 3 is 2.65 bits per heavy atom. The monoisotopic (exact) mass is 537 g/mol. The Morgan fingerprint density at radius 2 is 1.94 bits per heavy atom. The third-order valence-electron chi connectivity index (χ3n) is 5.23. The van der Waals surface area contributed by atoms with Crippen molar-refractivity contribution in [2.45, 2.75) is 25.9 Å². The van der Waals surface area contributed by atoms with Crippen LogP contribution in [0.15, 0.2) is 40.8 Å². The van der Waals surface area contributed by atoms with Crippen LogP contribution in [0.5, 0.6) is 5.75 Å². The maximum absolute atomic E-state index is 12.5. The highest BCUT2D eigenvalue weighted by atomic mass is 35.5. The molecule has 1 atom stereocenters. The average molecular weight is 538 g/mol. The highest BCUT2D eigenvalue weighted by molar-refractivity contribution is 7.16. The highest BCUT2D eigenvalue weighted by Crippen LogP contribution is 2.40. The third-order valence-corrected chi connectivity index (χ3v) is 8.07. The summed E-state index contributed by atoms with van der Waals surface area (Å²) < 4.78 is 5.50. The van der Waals surface area contributed by atoms with E-state index in [1.165, 1.54) is 11.3 Å². The van der Waals surface area contributed by atoms with Crippen LogP contribution >= 0.6 is 45.9 Å². The smallest absolute Gasteiger partial charge is 0.281 e. The number of nitrogens with zero attached hydrogens (tertiary/aromatic N) is 1. The number of carbonyl (C=O) groups is 2. The number of carbonyl (C=O) groups excluding carboxylic acids is 2. The number of benzene rings is 1. The second kappa shape index (κ2) is 10.9. The van der Waals surface area contributed by atoms with Crippen LogP contribution in [0.4, 0.5) is 0 Å². The number of nitrogens with one attached hydrogen (secondary N) is 2. The lowest BCUT2D eigenvalue weighted by Gasteiger charge is -2.09. The van der Waals surface area contributed by atoms with E-state index < -0.39 is 5.91 Å². The number of hydrogen-bond acceptors (Lipinski definition) is 7. The summed E-state index contributed by atoms with van der Waals surface area (Å²) in [5, 5.41) is 20.2. The summed E-state index contributed by atoms with van der Waals surface area (Å²) in [4.78, 5) is 26.2. The zero-order chi connectivity index (χ0) is 24.2. The fraction of sp³-hybridized carbons (Fsp3) is 0.261. The fourth-order valence-electron chi connectivity index (χ4n) is 3.38. The molecule has 7 nitrogen and oxygen atoms in total. The van der Waals surface area contributed by atoms with Gasteiger partial charge in [0.05, 0.1) is 42.1 Å². The van der Waals surface area contributed by atoms with E-state index in [0.29, 0.717) is 42.5 Å². The largest absolute Gasteiger partial charge is 0.506 e. The summed E-state index contributed by atoms with van der Waals surface area (Å²) in [5.74, 6) is -0.639. The topological polar surface area (TPSA) is 100 Å². The molecule has 34 heavy (non-hydrogen) atoms. The molecule has 1 aliphatic rings. The van der Waals surface area contributed by atoms with Crippen molar-refractivity contribution >= 4 is 63.4 Å². The molecule has 3 N–H and O–H groups in total. The van der Waals surface area contributed by atoms with Gasteiger partial charge in [0.1, 0.15) is 5.75 Å². The van der Waals surface area contributed by atoms with E-state index in [4.69, 9.17) is 27.9 Å². The Hall–Kier alpha value is -2.43. The molecule has 2 amide bonds. The predicted molar refractivity (Wildman–Crippen MR) is 137 cm³/mol. The third kappa shape index (κ3) is 5.61. The molecule has 0 saturated carbocycles. The zero-order valence-corrected chi connectivity index (χ0v) is 21.2. The number of rotatable bonds is 7. The molecule has 0 aliphatic carbocycles. The molecule has 0 bridgehead atoms. The van der Waals surface area contributed by atoms with Crippen LogP contribution in [0.1, 0.15) is 44.7 Å². The molecule has 1 fully saturated rings. The lowest BCUT2D eigenvalue weighted by Crippen LogP contribution is -2.31. The number of thiophene rings is 2. The van der Waals surface area contributed by atoms with Crippen molar-refractivity contribution in [3.05, 3.63) is 61.1 Å². The van der Waals surface area contributed by atoms with E-state index in [-0.39, 0.29) is 17.8 Å². The summed E-state index contributed by atoms with van der Waals surface area (Å²) in [6.45, 7) is 2.86. The summed E-state index contributed by atoms with van der Waals surface area (Å²) in [7, 11) is 0. The molecule has 11 heteroatoms. The number of halogens is 2. The Balaban J connectivity index is 1.39. The first-order valence-electron chi connectivity index (χ1n) is 10.4. The first-order chi connectivity index (χ1) is 16.3. The summed E-state index contributed by atoms with van der Waals surface area (Å²) in [6.07, 6.45) is 1.99. The van der Waals surface area contributed by atoms with Gasteiger partial charge in [0.2, 0.25) is 0 Å². The molecule has 1 aliphatic heterocycles. The number of amides is 2. The molecule has 1 aromatic carbocycles. The van der Waals surface area contributed by atoms with Crippen LogP contribution < -0.4 is 10.7 Å². The van der Waals surface area contributed by atoms with Crippen LogP contribution in [0.2, 0.25) is 10.0 Å². The molecular formula is C23H21Cl2N3O4S2. The lowest BCUT2D eigenvalue weighted by atomic mass is 10.1. The Bertz CT molecular complexity index is 1250. The summed E-state index contributed by atoms with van der Waals surface area (Å²) in [6, 6.07) is 8.30. The van der Waals surface area contributed by atoms with Crippen molar-refractivity contribution in [3.63, 3.8) is 0 Å².